The molecule has 0 radical (unpaired) electrons. The number of aromatic carboxylic acids is 1. The molecular weight excluding hydrogens is 218 g/mol. The summed E-state index contributed by atoms with van der Waals surface area (Å²) < 4.78 is 5.60. The van der Waals surface area contributed by atoms with Gasteiger partial charge in [0.2, 0.25) is 0 Å². The molecule has 0 fully saturated rings. The van der Waals surface area contributed by atoms with Crippen molar-refractivity contribution in [1.82, 2.24) is 4.98 Å². The summed E-state index contributed by atoms with van der Waals surface area (Å²) in [5, 5.41) is 11.1. The first kappa shape index (κ1) is 10.1. The lowest BCUT2D eigenvalue weighted by Gasteiger charge is -2.08. The lowest BCUT2D eigenvalue weighted by atomic mass is 9.99. The number of pyridine rings is 1. The smallest absolute Gasteiger partial charge is 0.339 e. The Hall–Kier alpha value is -2.10. The van der Waals surface area contributed by atoms with Crippen LogP contribution in [0, 0.1) is 0 Å². The lowest BCUT2D eigenvalue weighted by molar-refractivity contribution is 0.0692. The Bertz CT molecular complexity index is 621. The van der Waals surface area contributed by atoms with Crippen molar-refractivity contribution in [2.24, 2.45) is 0 Å². The Labute approximate surface area is 97.9 Å². The van der Waals surface area contributed by atoms with Crippen LogP contribution in [0.1, 0.15) is 22.8 Å². The van der Waals surface area contributed by atoms with Crippen LogP contribution in [0.4, 0.5) is 0 Å². The third kappa shape index (κ3) is 1.45. The molecule has 2 aromatic rings. The number of nitrogens with zero attached hydrogens (tertiary/aromatic N) is 1. The van der Waals surface area contributed by atoms with Gasteiger partial charge in [-0.25, -0.2) is 4.79 Å². The molecule has 0 saturated heterocycles. The summed E-state index contributed by atoms with van der Waals surface area (Å²) in [7, 11) is 0. The number of benzene rings is 1. The van der Waals surface area contributed by atoms with Crippen molar-refractivity contribution in [3.05, 3.63) is 35.7 Å². The van der Waals surface area contributed by atoms with Crippen molar-refractivity contribution in [2.45, 2.75) is 19.4 Å². The summed E-state index contributed by atoms with van der Waals surface area (Å²) in [6, 6.07) is 3.47. The van der Waals surface area contributed by atoms with E-state index in [9.17, 15) is 9.90 Å². The Morgan fingerprint density at radius 1 is 1.59 bits per heavy atom. The maximum absolute atomic E-state index is 11.2. The molecule has 1 N–H and O–H groups in total. The zero-order valence-electron chi connectivity index (χ0n) is 9.30. The molecule has 0 saturated carbocycles. The number of carboxylic acids is 1. The van der Waals surface area contributed by atoms with Gasteiger partial charge in [0.05, 0.1) is 0 Å². The highest BCUT2D eigenvalue weighted by Gasteiger charge is 2.27. The number of rotatable bonds is 1. The van der Waals surface area contributed by atoms with E-state index in [-0.39, 0.29) is 11.7 Å². The predicted octanol–water partition coefficient (Wildman–Crippen LogP) is 2.26. The minimum absolute atomic E-state index is 0.0221. The number of fused-ring (bicyclic) bond motifs is 3. The Morgan fingerprint density at radius 3 is 3.18 bits per heavy atom. The fourth-order valence-corrected chi connectivity index (χ4v) is 2.32. The van der Waals surface area contributed by atoms with E-state index in [1.807, 2.05) is 13.0 Å². The molecule has 4 heteroatoms. The van der Waals surface area contributed by atoms with Crippen LogP contribution in [0.15, 0.2) is 24.5 Å². The fourth-order valence-electron chi connectivity index (χ4n) is 2.32. The molecule has 4 nitrogen and oxygen atoms in total. The van der Waals surface area contributed by atoms with Crippen molar-refractivity contribution in [1.29, 1.82) is 0 Å². The molecule has 0 amide bonds. The largest absolute Gasteiger partial charge is 0.489 e. The van der Waals surface area contributed by atoms with Crippen LogP contribution in [0.25, 0.3) is 10.8 Å². The van der Waals surface area contributed by atoms with Crippen molar-refractivity contribution in [3.8, 4) is 5.75 Å². The maximum atomic E-state index is 11.2. The minimum atomic E-state index is -0.950. The van der Waals surface area contributed by atoms with Gasteiger partial charge in [0.25, 0.3) is 0 Å². The molecule has 1 aliphatic heterocycles. The van der Waals surface area contributed by atoms with Crippen molar-refractivity contribution in [2.75, 3.05) is 0 Å². The first-order chi connectivity index (χ1) is 8.16. The first-order valence-electron chi connectivity index (χ1n) is 5.46. The van der Waals surface area contributed by atoms with Gasteiger partial charge in [-0.2, -0.15) is 0 Å². The van der Waals surface area contributed by atoms with E-state index in [0.29, 0.717) is 5.75 Å². The van der Waals surface area contributed by atoms with E-state index < -0.39 is 5.97 Å². The van der Waals surface area contributed by atoms with Crippen LogP contribution in [0.2, 0.25) is 0 Å². The summed E-state index contributed by atoms with van der Waals surface area (Å²) in [5.41, 5.74) is 1.20. The molecule has 0 bridgehead atoms. The average molecular weight is 229 g/mol. The highest BCUT2D eigenvalue weighted by Crippen LogP contribution is 2.38. The van der Waals surface area contributed by atoms with Gasteiger partial charge in [-0.15, -0.1) is 0 Å². The number of carboxylic acid groups (broad SMARTS) is 1. The first-order valence-corrected chi connectivity index (χ1v) is 5.46. The summed E-state index contributed by atoms with van der Waals surface area (Å²) in [6.07, 6.45) is 4.19. The highest BCUT2D eigenvalue weighted by atomic mass is 16.5. The maximum Gasteiger partial charge on any atom is 0.339 e. The number of aromatic nitrogens is 1. The second kappa shape index (κ2) is 3.45. The molecule has 1 atom stereocenters. The van der Waals surface area contributed by atoms with Crippen LogP contribution in [-0.2, 0) is 6.42 Å². The number of ether oxygens (including phenoxy) is 1. The van der Waals surface area contributed by atoms with Gasteiger partial charge >= 0.3 is 5.97 Å². The normalized spacial score (nSPS) is 17.8. The topological polar surface area (TPSA) is 59.4 Å². The quantitative estimate of drug-likeness (QED) is 0.814. The third-order valence-electron chi connectivity index (χ3n) is 3.04. The number of hydrogen-bond acceptors (Lipinski definition) is 3. The molecular formula is C13H11NO3. The van der Waals surface area contributed by atoms with E-state index in [1.54, 1.807) is 18.5 Å². The van der Waals surface area contributed by atoms with E-state index in [2.05, 4.69) is 4.98 Å². The van der Waals surface area contributed by atoms with Crippen molar-refractivity contribution >= 4 is 16.7 Å². The standard InChI is InChI=1S/C13H11NO3/c1-7-4-9-11-6-14-3-2-8(11)5-10(13(15)16)12(9)17-7/h2-3,5-7H,4H2,1H3,(H,15,16). The van der Waals surface area contributed by atoms with Crippen LogP contribution in [0.5, 0.6) is 5.75 Å². The van der Waals surface area contributed by atoms with E-state index in [1.165, 1.54) is 0 Å². The highest BCUT2D eigenvalue weighted by molar-refractivity contribution is 6.00. The van der Waals surface area contributed by atoms with E-state index >= 15 is 0 Å². The Balaban J connectivity index is 2.38. The average Bonchev–Trinajstić information content (AvgIpc) is 2.69. The van der Waals surface area contributed by atoms with Crippen molar-refractivity contribution in [3.63, 3.8) is 0 Å². The zero-order chi connectivity index (χ0) is 12.0. The van der Waals surface area contributed by atoms with Gasteiger partial charge < -0.3 is 9.84 Å². The second-order valence-electron chi connectivity index (χ2n) is 4.27. The van der Waals surface area contributed by atoms with Gasteiger partial charge in [0, 0.05) is 29.8 Å². The van der Waals surface area contributed by atoms with Gasteiger partial charge in [0.1, 0.15) is 17.4 Å². The van der Waals surface area contributed by atoms with E-state index in [4.69, 9.17) is 4.74 Å². The molecule has 1 aromatic carbocycles. The number of hydrogen-bond donors (Lipinski definition) is 1. The molecule has 0 aliphatic carbocycles. The summed E-state index contributed by atoms with van der Waals surface area (Å²) in [4.78, 5) is 15.3. The van der Waals surface area contributed by atoms with Crippen LogP contribution >= 0.6 is 0 Å². The Morgan fingerprint density at radius 2 is 2.41 bits per heavy atom. The van der Waals surface area contributed by atoms with E-state index in [0.717, 1.165) is 22.8 Å². The summed E-state index contributed by atoms with van der Waals surface area (Å²) >= 11 is 0. The second-order valence-corrected chi connectivity index (χ2v) is 4.27. The zero-order valence-corrected chi connectivity index (χ0v) is 9.30. The SMILES string of the molecule is CC1Cc2c(c(C(=O)O)cc3ccncc23)O1. The number of carbonyl (C=O) groups is 1. The molecule has 0 spiro atoms. The Kier molecular flexibility index (Phi) is 2.04. The molecule has 3 rings (SSSR count). The monoisotopic (exact) mass is 229 g/mol. The summed E-state index contributed by atoms with van der Waals surface area (Å²) in [5.74, 6) is -0.445. The predicted molar refractivity (Wildman–Crippen MR) is 62.5 cm³/mol. The van der Waals surface area contributed by atoms with Crippen LogP contribution in [-0.4, -0.2) is 22.2 Å². The molecule has 17 heavy (non-hydrogen) atoms. The van der Waals surface area contributed by atoms with Crippen molar-refractivity contribution < 1.29 is 14.6 Å². The fraction of sp³-hybridized carbons (Fsp3) is 0.231. The lowest BCUT2D eigenvalue weighted by Crippen LogP contribution is -2.07. The molecule has 1 unspecified atom stereocenters. The van der Waals surface area contributed by atoms with Gasteiger partial charge in [0.15, 0.2) is 0 Å². The minimum Gasteiger partial charge on any atom is -0.489 e. The molecule has 1 aromatic heterocycles. The van der Waals surface area contributed by atoms with Gasteiger partial charge in [-0.05, 0) is 24.4 Å². The van der Waals surface area contributed by atoms with Gasteiger partial charge in [-0.3, -0.25) is 4.98 Å². The molecule has 86 valence electrons. The van der Waals surface area contributed by atoms with Gasteiger partial charge in [-0.1, -0.05) is 0 Å². The third-order valence-corrected chi connectivity index (χ3v) is 3.04. The van der Waals surface area contributed by atoms with Crippen LogP contribution in [0.3, 0.4) is 0 Å². The molecule has 2 heterocycles. The van der Waals surface area contributed by atoms with Crippen LogP contribution < -0.4 is 4.74 Å². The molecule has 1 aliphatic rings. The summed E-state index contributed by atoms with van der Waals surface area (Å²) in [6.45, 7) is 1.94.